The van der Waals surface area contributed by atoms with E-state index in [2.05, 4.69) is 42.5 Å². The molecule has 1 aromatic heterocycles. The van der Waals surface area contributed by atoms with Crippen LogP contribution in [0.5, 0.6) is 0 Å². The van der Waals surface area contributed by atoms with Crippen LogP contribution in [0.4, 0.5) is 51.8 Å². The van der Waals surface area contributed by atoms with Crippen molar-refractivity contribution in [1.82, 2.24) is 0 Å². The summed E-state index contributed by atoms with van der Waals surface area (Å²) >= 11 is 2.75. The third-order valence-corrected chi connectivity index (χ3v) is 4.33. The Balaban J connectivity index is 0. The molecular formula is C10H7B3F12KS-3. The molecule has 0 amide bonds. The maximum atomic E-state index is 9.75. The van der Waals surface area contributed by atoms with Crippen molar-refractivity contribution in [3.8, 4) is 10.4 Å². The molecule has 27 heavy (non-hydrogen) atoms. The number of hydrogen-bond donors (Lipinski definition) is 0. The van der Waals surface area contributed by atoms with E-state index in [1.165, 1.54) is 10.4 Å². The van der Waals surface area contributed by atoms with Gasteiger partial charge in [0.05, 0.1) is 0 Å². The molecular weight excluding hydrogens is 452 g/mol. The number of halogens is 12. The molecule has 1 aromatic carbocycles. The van der Waals surface area contributed by atoms with Gasteiger partial charge < -0.3 is 51.8 Å². The summed E-state index contributed by atoms with van der Waals surface area (Å²) in [6.45, 7) is 0. The van der Waals surface area contributed by atoms with Gasteiger partial charge in [0.15, 0.2) is 0 Å². The number of rotatable bonds is 1. The fourth-order valence-electron chi connectivity index (χ4n) is 1.19. The average molecular weight is 459 g/mol. The van der Waals surface area contributed by atoms with E-state index < -0.39 is 21.8 Å². The molecule has 0 spiro atoms. The van der Waals surface area contributed by atoms with Crippen molar-refractivity contribution in [3.05, 3.63) is 42.5 Å². The normalized spacial score (nSPS) is 11.2. The van der Waals surface area contributed by atoms with Crippen LogP contribution < -0.4 is -1.03 Å². The van der Waals surface area contributed by atoms with E-state index in [1.54, 1.807) is -1.03 Å². The van der Waals surface area contributed by atoms with E-state index in [4.69, 9.17) is 0 Å². The molecule has 17 heteroatoms. The Kier molecular flexibility index (Phi) is 14.2. The van der Waals surface area contributed by atoms with E-state index in [0.717, 1.165) is 49.0 Å². The van der Waals surface area contributed by atoms with Gasteiger partial charge in [-0.3, -0.25) is 0 Å². The number of benzene rings is 1. The Labute approximate surface area is 184 Å². The molecule has 0 nitrogen and oxygen atoms in total. The first-order valence-corrected chi connectivity index (χ1v) is 8.98. The van der Waals surface area contributed by atoms with Crippen LogP contribution in [-0.4, -0.2) is 70.7 Å². The minimum atomic E-state index is -6.00. The average Bonchev–Trinajstić information content (AvgIpc) is 2.81. The van der Waals surface area contributed by atoms with Crippen molar-refractivity contribution in [2.45, 2.75) is 0 Å². The van der Waals surface area contributed by atoms with E-state index >= 15 is 0 Å². The summed E-state index contributed by atoms with van der Waals surface area (Å²) in [5, 5.41) is 0. The molecule has 2 aromatic rings. The standard InChI is InChI=1S/C10H7S.3BF4.K/c1-2-5-9(6-3-1)10-7-4-8-11-10;3*2-1(3,4)5;/h1-7H;;;;/q;3*-1;. The monoisotopic (exact) mass is 459 g/mol. The summed E-state index contributed by atoms with van der Waals surface area (Å²) in [4.78, 5) is 1.40. The van der Waals surface area contributed by atoms with Crippen LogP contribution in [-0.2, 0) is 0 Å². The van der Waals surface area contributed by atoms with E-state index in [0.29, 0.717) is 0 Å². The van der Waals surface area contributed by atoms with Crippen LogP contribution in [0.2, 0.25) is 0 Å². The van der Waals surface area contributed by atoms with Crippen LogP contribution in [0, 0.1) is 0 Å². The fraction of sp³-hybridized carbons (Fsp3) is 0. The van der Waals surface area contributed by atoms with Gasteiger partial charge in [0.25, 0.3) is 0 Å². The van der Waals surface area contributed by atoms with E-state index in [-0.39, 0.29) is 0 Å². The zero-order chi connectivity index (χ0) is 21.9. The van der Waals surface area contributed by atoms with Gasteiger partial charge in [-0.05, 0) is 0 Å². The van der Waals surface area contributed by atoms with Crippen molar-refractivity contribution in [2.75, 3.05) is 0 Å². The second-order valence-electron chi connectivity index (χ2n) is 4.26. The van der Waals surface area contributed by atoms with Crippen molar-refractivity contribution in [3.63, 3.8) is 0 Å². The summed E-state index contributed by atoms with van der Waals surface area (Å²) in [6, 6.07) is 15.0. The molecule has 0 aliphatic rings. The van der Waals surface area contributed by atoms with Crippen LogP contribution in [0.25, 0.3) is 10.4 Å². The van der Waals surface area contributed by atoms with Gasteiger partial charge in [-0.15, -0.1) is 0 Å². The van der Waals surface area contributed by atoms with Crippen LogP contribution in [0.15, 0.2) is 42.5 Å². The first kappa shape index (κ1) is 29.1. The fourth-order valence-corrected chi connectivity index (χ4v) is 3.36. The summed E-state index contributed by atoms with van der Waals surface area (Å²) < 4.78 is 119. The molecule has 0 saturated heterocycles. The molecule has 0 radical (unpaired) electrons. The third-order valence-electron chi connectivity index (χ3n) is 1.80. The summed E-state index contributed by atoms with van der Waals surface area (Å²) in [6.07, 6.45) is 0. The number of hydrogen-bond acceptors (Lipinski definition) is 1. The SMILES string of the molecule is F[B-](F)(F)F.F[B-](F)(F)F.F[B-](F)(F)F.[K][c]1ccc(-c2ccccc2)s1. The van der Waals surface area contributed by atoms with Crippen LogP contribution >= 0.6 is 11.3 Å². The summed E-state index contributed by atoms with van der Waals surface area (Å²) in [5.41, 5.74) is 1.35. The zero-order valence-electron chi connectivity index (χ0n) is 13.2. The van der Waals surface area contributed by atoms with Gasteiger partial charge in [0, 0.05) is 0 Å². The van der Waals surface area contributed by atoms with E-state index in [9.17, 15) is 51.8 Å². The molecule has 0 unspecified atom stereocenters. The maximum absolute atomic E-state index is 9.75. The number of thiophene rings is 1. The first-order chi connectivity index (χ1) is 11.9. The topological polar surface area (TPSA) is 0 Å². The molecule has 0 aliphatic heterocycles. The predicted molar refractivity (Wildman–Crippen MR) is 85.7 cm³/mol. The molecule has 0 aliphatic carbocycles. The van der Waals surface area contributed by atoms with Crippen molar-refractivity contribution in [1.29, 1.82) is 0 Å². The van der Waals surface area contributed by atoms with Gasteiger partial charge in [0.1, 0.15) is 0 Å². The van der Waals surface area contributed by atoms with Gasteiger partial charge in [-0.25, -0.2) is 0 Å². The predicted octanol–water partition coefficient (Wildman–Crippen LogP) is 6.11. The molecule has 0 saturated carbocycles. The van der Waals surface area contributed by atoms with Crippen molar-refractivity contribution in [2.24, 2.45) is 0 Å². The molecule has 150 valence electrons. The minimum absolute atomic E-state index is 0.824. The van der Waals surface area contributed by atoms with E-state index in [1.807, 2.05) is 11.3 Å². The van der Waals surface area contributed by atoms with Gasteiger partial charge in [-0.1, -0.05) is 0 Å². The zero-order valence-corrected chi connectivity index (χ0v) is 17.2. The second kappa shape index (κ2) is 13.2. The molecule has 2 rings (SSSR count). The quantitative estimate of drug-likeness (QED) is 0.357. The molecule has 0 atom stereocenters. The Hall–Kier alpha value is -0.0888. The van der Waals surface area contributed by atoms with Gasteiger partial charge in [-0.2, -0.15) is 0 Å². The molecule has 0 fully saturated rings. The molecule has 0 bridgehead atoms. The Morgan fingerprint density at radius 2 is 0.889 bits per heavy atom. The Morgan fingerprint density at radius 3 is 1.15 bits per heavy atom. The van der Waals surface area contributed by atoms with Gasteiger partial charge in [0.2, 0.25) is 0 Å². The summed E-state index contributed by atoms with van der Waals surface area (Å²) in [7, 11) is -18.0. The van der Waals surface area contributed by atoms with Crippen LogP contribution in [0.1, 0.15) is 0 Å². The second-order valence-corrected chi connectivity index (χ2v) is 8.36. The van der Waals surface area contributed by atoms with Crippen molar-refractivity contribution >= 4 is 81.0 Å². The third kappa shape index (κ3) is 33.9. The first-order valence-electron chi connectivity index (χ1n) is 6.60. The van der Waals surface area contributed by atoms with Crippen LogP contribution in [0.3, 0.4) is 0 Å². The molecule has 0 N–H and O–H groups in total. The Morgan fingerprint density at radius 1 is 0.556 bits per heavy atom. The molecule has 1 heterocycles. The Bertz CT molecular complexity index is 578. The van der Waals surface area contributed by atoms with Crippen molar-refractivity contribution < 1.29 is 51.8 Å². The van der Waals surface area contributed by atoms with Gasteiger partial charge >= 0.3 is 134 Å². The summed E-state index contributed by atoms with van der Waals surface area (Å²) in [5.74, 6) is 0.